The molecule has 0 radical (unpaired) electrons. The topological polar surface area (TPSA) is 85.5 Å². The van der Waals surface area contributed by atoms with Gasteiger partial charge >= 0.3 is 0 Å². The zero-order valence-corrected chi connectivity index (χ0v) is 13.8. The summed E-state index contributed by atoms with van der Waals surface area (Å²) in [5.41, 5.74) is 5.24. The quantitative estimate of drug-likeness (QED) is 0.904. The van der Waals surface area contributed by atoms with Crippen LogP contribution in [0.4, 0.5) is 0 Å². The van der Waals surface area contributed by atoms with Gasteiger partial charge in [0.2, 0.25) is 0 Å². The van der Waals surface area contributed by atoms with Crippen LogP contribution in [-0.2, 0) is 21.3 Å². The van der Waals surface area contributed by atoms with Crippen LogP contribution in [0.2, 0.25) is 0 Å². The highest BCUT2D eigenvalue weighted by molar-refractivity contribution is 7.89. The van der Waals surface area contributed by atoms with Crippen molar-refractivity contribution in [3.05, 3.63) is 23.9 Å². The molecule has 0 bridgehead atoms. The summed E-state index contributed by atoms with van der Waals surface area (Å²) in [4.78, 5) is 4.04. The van der Waals surface area contributed by atoms with Crippen molar-refractivity contribution in [2.24, 2.45) is 5.73 Å². The lowest BCUT2D eigenvalue weighted by molar-refractivity contribution is -0.163. The van der Waals surface area contributed by atoms with E-state index in [0.717, 1.165) is 5.56 Å². The molecule has 1 aliphatic rings. The van der Waals surface area contributed by atoms with E-state index in [9.17, 15) is 8.42 Å². The summed E-state index contributed by atoms with van der Waals surface area (Å²) in [5.74, 6) is 0. The van der Waals surface area contributed by atoms with Crippen LogP contribution in [0.25, 0.3) is 0 Å². The number of morpholine rings is 1. The molecule has 2 rings (SSSR count). The van der Waals surface area contributed by atoms with Crippen LogP contribution in [0.1, 0.15) is 33.3 Å². The fourth-order valence-corrected chi connectivity index (χ4v) is 4.36. The summed E-state index contributed by atoms with van der Waals surface area (Å²) >= 11 is 0. The van der Waals surface area contributed by atoms with E-state index in [1.165, 1.54) is 16.6 Å². The predicted octanol–water partition coefficient (Wildman–Crippen LogP) is 1.12. The maximum Gasteiger partial charge on any atom is 0.260 e. The average molecular weight is 313 g/mol. The van der Waals surface area contributed by atoms with Gasteiger partial charge in [0, 0.05) is 25.8 Å². The number of aromatic nitrogens is 1. The first-order valence-corrected chi connectivity index (χ1v) is 8.35. The first kappa shape index (κ1) is 16.4. The molecule has 1 saturated heterocycles. The molecule has 0 amide bonds. The Morgan fingerprint density at radius 1 is 1.24 bits per heavy atom. The highest BCUT2D eigenvalue weighted by atomic mass is 32.2. The first-order valence-electron chi connectivity index (χ1n) is 6.91. The van der Waals surface area contributed by atoms with Crippen molar-refractivity contribution in [3.8, 4) is 0 Å². The fourth-order valence-electron chi connectivity index (χ4n) is 2.70. The van der Waals surface area contributed by atoms with Crippen LogP contribution in [-0.4, -0.2) is 42.0 Å². The maximum atomic E-state index is 12.7. The van der Waals surface area contributed by atoms with Gasteiger partial charge in [-0.1, -0.05) is 6.07 Å². The second kappa shape index (κ2) is 5.31. The highest BCUT2D eigenvalue weighted by Crippen LogP contribution is 2.31. The standard InChI is InChI=1S/C14H23N3O3S/c1-13(2)9-17(10-14(3,4)20-13)21(18,19)12-6-5-11(7-15)8-16-12/h5-6,8H,7,9-10,15H2,1-4H3. The largest absolute Gasteiger partial charge is 0.367 e. The number of pyridine rings is 1. The molecule has 0 aliphatic carbocycles. The zero-order valence-electron chi connectivity index (χ0n) is 13.0. The minimum atomic E-state index is -3.63. The van der Waals surface area contributed by atoms with Gasteiger partial charge in [-0.2, -0.15) is 4.31 Å². The Balaban J connectivity index is 2.33. The Kier molecular flexibility index (Phi) is 4.14. The fraction of sp³-hybridized carbons (Fsp3) is 0.643. The molecule has 6 nitrogen and oxygen atoms in total. The minimum absolute atomic E-state index is 0.0493. The van der Waals surface area contributed by atoms with Crippen LogP contribution in [0, 0.1) is 0 Å². The minimum Gasteiger partial charge on any atom is -0.367 e. The van der Waals surface area contributed by atoms with Crippen molar-refractivity contribution in [2.75, 3.05) is 13.1 Å². The van der Waals surface area contributed by atoms with E-state index >= 15 is 0 Å². The lowest BCUT2D eigenvalue weighted by Gasteiger charge is -2.46. The molecule has 7 heteroatoms. The summed E-state index contributed by atoms with van der Waals surface area (Å²) in [6, 6.07) is 3.20. The van der Waals surface area contributed by atoms with Crippen LogP contribution < -0.4 is 5.73 Å². The molecule has 0 aromatic carbocycles. The molecule has 1 aliphatic heterocycles. The average Bonchev–Trinajstić information content (AvgIpc) is 2.35. The number of hydrogen-bond donors (Lipinski definition) is 1. The molecule has 118 valence electrons. The van der Waals surface area contributed by atoms with Crippen LogP contribution >= 0.6 is 0 Å². The molecule has 2 N–H and O–H groups in total. The Morgan fingerprint density at radius 2 is 1.81 bits per heavy atom. The van der Waals surface area contributed by atoms with Crippen LogP contribution in [0.15, 0.2) is 23.4 Å². The molecule has 0 unspecified atom stereocenters. The Labute approximate surface area is 126 Å². The van der Waals surface area contributed by atoms with E-state index in [0.29, 0.717) is 19.6 Å². The normalized spacial score (nSPS) is 22.1. The number of nitrogens with two attached hydrogens (primary N) is 1. The van der Waals surface area contributed by atoms with Gasteiger partial charge in [0.05, 0.1) is 11.2 Å². The number of ether oxygens (including phenoxy) is 1. The van der Waals surface area contributed by atoms with Crippen LogP contribution in [0.3, 0.4) is 0 Å². The van der Waals surface area contributed by atoms with E-state index in [4.69, 9.17) is 10.5 Å². The van der Waals surface area contributed by atoms with Crippen molar-refractivity contribution in [1.82, 2.24) is 9.29 Å². The van der Waals surface area contributed by atoms with Gasteiger partial charge in [-0.15, -0.1) is 0 Å². The number of nitrogens with zero attached hydrogens (tertiary/aromatic N) is 2. The lowest BCUT2D eigenvalue weighted by Crippen LogP contribution is -2.58. The molecule has 1 aromatic heterocycles. The molecular formula is C14H23N3O3S. The second-order valence-corrected chi connectivity index (χ2v) is 8.49. The van der Waals surface area contributed by atoms with Gasteiger partial charge in [-0.3, -0.25) is 0 Å². The molecule has 21 heavy (non-hydrogen) atoms. The molecule has 0 spiro atoms. The number of hydrogen-bond acceptors (Lipinski definition) is 5. The smallest absolute Gasteiger partial charge is 0.260 e. The Morgan fingerprint density at radius 3 is 2.24 bits per heavy atom. The maximum absolute atomic E-state index is 12.7. The lowest BCUT2D eigenvalue weighted by atomic mass is 10.0. The van der Waals surface area contributed by atoms with Gasteiger partial charge in [-0.05, 0) is 39.3 Å². The van der Waals surface area contributed by atoms with Gasteiger partial charge in [0.25, 0.3) is 10.0 Å². The molecule has 2 heterocycles. The third kappa shape index (κ3) is 3.60. The number of rotatable bonds is 3. The number of sulfonamides is 1. The monoisotopic (exact) mass is 313 g/mol. The zero-order chi connectivity index (χ0) is 15.9. The van der Waals surface area contributed by atoms with Crippen molar-refractivity contribution in [2.45, 2.75) is 50.5 Å². The third-order valence-electron chi connectivity index (χ3n) is 3.30. The van der Waals surface area contributed by atoms with Crippen molar-refractivity contribution in [1.29, 1.82) is 0 Å². The molecule has 0 saturated carbocycles. The van der Waals surface area contributed by atoms with Gasteiger partial charge in [0.15, 0.2) is 5.03 Å². The van der Waals surface area contributed by atoms with Crippen molar-refractivity contribution in [3.63, 3.8) is 0 Å². The van der Waals surface area contributed by atoms with E-state index in [1.807, 2.05) is 27.7 Å². The summed E-state index contributed by atoms with van der Waals surface area (Å²) in [7, 11) is -3.63. The molecule has 0 atom stereocenters. The molecule has 1 aromatic rings. The second-order valence-electron chi connectivity index (χ2n) is 6.60. The Hall–Kier alpha value is -1.02. The van der Waals surface area contributed by atoms with E-state index in [-0.39, 0.29) is 5.03 Å². The molecular weight excluding hydrogens is 290 g/mol. The SMILES string of the molecule is CC1(C)CN(S(=O)(=O)c2ccc(CN)cn2)CC(C)(C)O1. The summed E-state index contributed by atoms with van der Waals surface area (Å²) in [6.07, 6.45) is 1.50. The third-order valence-corrected chi connectivity index (χ3v) is 5.01. The van der Waals surface area contributed by atoms with Gasteiger partial charge in [-0.25, -0.2) is 13.4 Å². The Bertz CT molecular complexity index is 593. The first-order chi connectivity index (χ1) is 9.56. The van der Waals surface area contributed by atoms with Gasteiger partial charge < -0.3 is 10.5 Å². The van der Waals surface area contributed by atoms with E-state index in [1.54, 1.807) is 6.07 Å². The van der Waals surface area contributed by atoms with E-state index < -0.39 is 21.2 Å². The summed E-state index contributed by atoms with van der Waals surface area (Å²) in [5, 5.41) is 0.0493. The predicted molar refractivity (Wildman–Crippen MR) is 80.1 cm³/mol. The molecule has 1 fully saturated rings. The van der Waals surface area contributed by atoms with Gasteiger partial charge in [0.1, 0.15) is 0 Å². The van der Waals surface area contributed by atoms with Crippen molar-refractivity contribution >= 4 is 10.0 Å². The summed E-state index contributed by atoms with van der Waals surface area (Å²) < 4.78 is 32.8. The summed E-state index contributed by atoms with van der Waals surface area (Å²) in [6.45, 7) is 8.51. The van der Waals surface area contributed by atoms with Crippen molar-refractivity contribution < 1.29 is 13.2 Å². The highest BCUT2D eigenvalue weighted by Gasteiger charge is 2.43. The van der Waals surface area contributed by atoms with Crippen LogP contribution in [0.5, 0.6) is 0 Å². The van der Waals surface area contributed by atoms with E-state index in [2.05, 4.69) is 4.98 Å².